The van der Waals surface area contributed by atoms with Crippen LogP contribution in [-0.4, -0.2) is 56.7 Å². The van der Waals surface area contributed by atoms with Crippen LogP contribution in [0.2, 0.25) is 0 Å². The number of H-pyrrole nitrogens is 1. The zero-order valence-corrected chi connectivity index (χ0v) is 13.3. The van der Waals surface area contributed by atoms with Crippen LogP contribution in [0, 0.1) is 0 Å². The molecule has 8 heteroatoms. The van der Waals surface area contributed by atoms with Gasteiger partial charge in [-0.25, -0.2) is 4.98 Å². The molecule has 2 aliphatic heterocycles. The third kappa shape index (κ3) is 2.33. The molecule has 1 saturated carbocycles. The first-order valence-electron chi connectivity index (χ1n) is 8.41. The second-order valence-electron chi connectivity index (χ2n) is 6.99. The molecule has 126 valence electrons. The van der Waals surface area contributed by atoms with E-state index in [9.17, 15) is 5.11 Å². The lowest BCUT2D eigenvalue weighted by molar-refractivity contribution is -0.0376. The van der Waals surface area contributed by atoms with Crippen molar-refractivity contribution in [1.29, 1.82) is 0 Å². The summed E-state index contributed by atoms with van der Waals surface area (Å²) >= 11 is 0. The maximum absolute atomic E-state index is 9.59. The van der Waals surface area contributed by atoms with E-state index in [4.69, 9.17) is 4.74 Å². The Morgan fingerprint density at radius 3 is 3.12 bits per heavy atom. The minimum Gasteiger partial charge on any atom is -0.393 e. The van der Waals surface area contributed by atoms with Crippen LogP contribution in [0.1, 0.15) is 30.9 Å². The standard InChI is InChI=1S/C16H20N6O2/c23-9-16-6-11(7-24-16)22(8-16)15-17-4-3-13(19-15)18-14-5-12(20-21-14)10-1-2-10/h3-5,10-11,23H,1-2,6-9H2,(H2,17,18,19,20,21)/t11-,16-/m0/s1. The molecule has 0 unspecified atom stereocenters. The topological polar surface area (TPSA) is 99.2 Å². The Balaban J connectivity index is 1.34. The lowest BCUT2D eigenvalue weighted by atomic mass is 10.1. The predicted octanol–water partition coefficient (Wildman–Crippen LogP) is 1.16. The summed E-state index contributed by atoms with van der Waals surface area (Å²) < 4.78 is 5.72. The molecule has 24 heavy (non-hydrogen) atoms. The highest BCUT2D eigenvalue weighted by Gasteiger charge is 2.51. The summed E-state index contributed by atoms with van der Waals surface area (Å²) in [5, 5.41) is 20.2. The zero-order chi connectivity index (χ0) is 16.1. The minimum absolute atomic E-state index is 0.0369. The van der Waals surface area contributed by atoms with E-state index >= 15 is 0 Å². The smallest absolute Gasteiger partial charge is 0.227 e. The molecule has 3 fully saturated rings. The molecule has 0 spiro atoms. The molecule has 0 amide bonds. The van der Waals surface area contributed by atoms with E-state index in [0.29, 0.717) is 25.0 Å². The molecular weight excluding hydrogens is 308 g/mol. The lowest BCUT2D eigenvalue weighted by Crippen LogP contribution is -2.45. The summed E-state index contributed by atoms with van der Waals surface area (Å²) in [5.41, 5.74) is 0.740. The third-order valence-electron chi connectivity index (χ3n) is 5.15. The second kappa shape index (κ2) is 5.15. The van der Waals surface area contributed by atoms with Crippen molar-refractivity contribution in [2.24, 2.45) is 0 Å². The molecule has 3 aliphatic rings. The molecule has 8 nitrogen and oxygen atoms in total. The number of aromatic amines is 1. The van der Waals surface area contributed by atoms with Gasteiger partial charge in [0.05, 0.1) is 25.8 Å². The lowest BCUT2D eigenvalue weighted by Gasteiger charge is -2.31. The molecular formula is C16H20N6O2. The van der Waals surface area contributed by atoms with Gasteiger partial charge in [0.15, 0.2) is 5.82 Å². The van der Waals surface area contributed by atoms with Gasteiger partial charge in [0, 0.05) is 30.3 Å². The van der Waals surface area contributed by atoms with E-state index in [0.717, 1.165) is 18.1 Å². The first-order valence-corrected chi connectivity index (χ1v) is 8.41. The summed E-state index contributed by atoms with van der Waals surface area (Å²) in [6.45, 7) is 1.28. The van der Waals surface area contributed by atoms with Crippen molar-refractivity contribution in [3.63, 3.8) is 0 Å². The number of aromatic nitrogens is 4. The number of fused-ring (bicyclic) bond motifs is 2. The highest BCUT2D eigenvalue weighted by molar-refractivity contribution is 5.54. The number of anilines is 3. The summed E-state index contributed by atoms with van der Waals surface area (Å²) in [5.74, 6) is 2.81. The fourth-order valence-electron chi connectivity index (χ4n) is 3.66. The van der Waals surface area contributed by atoms with Crippen LogP contribution in [0.15, 0.2) is 18.3 Å². The van der Waals surface area contributed by atoms with Crippen molar-refractivity contribution >= 4 is 17.6 Å². The minimum atomic E-state index is -0.446. The van der Waals surface area contributed by atoms with Gasteiger partial charge in [0.1, 0.15) is 11.4 Å². The fraction of sp³-hybridized carbons (Fsp3) is 0.562. The van der Waals surface area contributed by atoms with Gasteiger partial charge >= 0.3 is 0 Å². The van der Waals surface area contributed by atoms with Crippen molar-refractivity contribution in [1.82, 2.24) is 20.2 Å². The summed E-state index contributed by atoms with van der Waals surface area (Å²) in [4.78, 5) is 11.1. The van der Waals surface area contributed by atoms with Gasteiger partial charge in [-0.3, -0.25) is 5.10 Å². The van der Waals surface area contributed by atoms with Crippen LogP contribution in [-0.2, 0) is 4.74 Å². The number of rotatable bonds is 5. The Morgan fingerprint density at radius 1 is 1.42 bits per heavy atom. The number of nitrogens with zero attached hydrogens (tertiary/aromatic N) is 4. The number of aliphatic hydroxyl groups excluding tert-OH is 1. The van der Waals surface area contributed by atoms with Crippen LogP contribution < -0.4 is 10.2 Å². The van der Waals surface area contributed by atoms with Crippen molar-refractivity contribution in [2.75, 3.05) is 30.0 Å². The number of aliphatic hydroxyl groups is 1. The molecule has 3 N–H and O–H groups in total. The average Bonchev–Trinajstić information content (AvgIpc) is 3.07. The van der Waals surface area contributed by atoms with Gasteiger partial charge in [0.25, 0.3) is 0 Å². The first kappa shape index (κ1) is 14.2. The van der Waals surface area contributed by atoms with Crippen molar-refractivity contribution in [2.45, 2.75) is 36.8 Å². The van der Waals surface area contributed by atoms with Gasteiger partial charge in [-0.2, -0.15) is 10.1 Å². The molecule has 2 atom stereocenters. The van der Waals surface area contributed by atoms with Gasteiger partial charge in [-0.05, 0) is 18.9 Å². The van der Waals surface area contributed by atoms with Gasteiger partial charge < -0.3 is 20.1 Å². The Kier molecular flexibility index (Phi) is 3.04. The van der Waals surface area contributed by atoms with Gasteiger partial charge in [0.2, 0.25) is 5.95 Å². The van der Waals surface area contributed by atoms with Crippen LogP contribution in [0.25, 0.3) is 0 Å². The predicted molar refractivity (Wildman–Crippen MR) is 87.4 cm³/mol. The number of hydrogen-bond donors (Lipinski definition) is 3. The molecule has 2 aromatic heterocycles. The molecule has 1 aliphatic carbocycles. The summed E-state index contributed by atoms with van der Waals surface area (Å²) in [6, 6.07) is 4.12. The Bertz CT molecular complexity index is 761. The number of ether oxygens (including phenoxy) is 1. The van der Waals surface area contributed by atoms with E-state index in [1.807, 2.05) is 12.1 Å². The average molecular weight is 328 g/mol. The Morgan fingerprint density at radius 2 is 2.33 bits per heavy atom. The van der Waals surface area contributed by atoms with Crippen molar-refractivity contribution in [3.05, 3.63) is 24.0 Å². The zero-order valence-electron chi connectivity index (χ0n) is 13.3. The van der Waals surface area contributed by atoms with Crippen LogP contribution in [0.5, 0.6) is 0 Å². The highest BCUT2D eigenvalue weighted by atomic mass is 16.5. The third-order valence-corrected chi connectivity index (χ3v) is 5.15. The normalized spacial score (nSPS) is 28.5. The quantitative estimate of drug-likeness (QED) is 0.757. The maximum Gasteiger partial charge on any atom is 0.227 e. The number of hydrogen-bond acceptors (Lipinski definition) is 7. The van der Waals surface area contributed by atoms with Crippen molar-refractivity contribution < 1.29 is 9.84 Å². The largest absolute Gasteiger partial charge is 0.393 e. The van der Waals surface area contributed by atoms with E-state index in [1.54, 1.807) is 6.20 Å². The van der Waals surface area contributed by atoms with E-state index < -0.39 is 5.60 Å². The van der Waals surface area contributed by atoms with E-state index in [1.165, 1.54) is 18.5 Å². The van der Waals surface area contributed by atoms with Crippen LogP contribution >= 0.6 is 0 Å². The number of morpholine rings is 1. The molecule has 2 aromatic rings. The highest BCUT2D eigenvalue weighted by Crippen LogP contribution is 2.40. The van der Waals surface area contributed by atoms with E-state index in [2.05, 4.69) is 30.4 Å². The number of nitrogens with one attached hydrogen (secondary N) is 2. The molecule has 0 aromatic carbocycles. The van der Waals surface area contributed by atoms with Crippen molar-refractivity contribution in [3.8, 4) is 0 Å². The molecule has 0 radical (unpaired) electrons. The first-order chi connectivity index (χ1) is 11.7. The maximum atomic E-state index is 9.59. The van der Waals surface area contributed by atoms with Gasteiger partial charge in [-0.1, -0.05) is 0 Å². The molecule has 2 bridgehead atoms. The molecule has 4 heterocycles. The summed E-state index contributed by atoms with van der Waals surface area (Å²) in [7, 11) is 0. The Labute approximate surface area is 139 Å². The van der Waals surface area contributed by atoms with E-state index in [-0.39, 0.29) is 12.6 Å². The monoisotopic (exact) mass is 328 g/mol. The SMILES string of the molecule is OC[C@@]12C[C@@H](CO1)N(c1nccc(Nc3cc(C4CC4)[nH]n3)n1)C2. The Hall–Kier alpha value is -2.19. The second-order valence-corrected chi connectivity index (χ2v) is 6.99. The molecule has 2 saturated heterocycles. The summed E-state index contributed by atoms with van der Waals surface area (Å²) in [6.07, 6.45) is 5.06. The van der Waals surface area contributed by atoms with Crippen LogP contribution in [0.4, 0.5) is 17.6 Å². The van der Waals surface area contributed by atoms with Gasteiger partial charge in [-0.15, -0.1) is 0 Å². The van der Waals surface area contributed by atoms with Crippen LogP contribution in [0.3, 0.4) is 0 Å². The fourth-order valence-corrected chi connectivity index (χ4v) is 3.66. The molecule has 5 rings (SSSR count).